The zero-order valence-electron chi connectivity index (χ0n) is 10.8. The first kappa shape index (κ1) is 12.0. The standard InChI is InChI=1S/C14H19NO2/c1-8-9(2)15-11-6-5-10(13(17)12(8)11)14(3,4)7-16/h5-6,15-17H,7H2,1-4H3. The number of fused-ring (bicyclic) bond motifs is 1. The predicted molar refractivity (Wildman–Crippen MR) is 69.5 cm³/mol. The highest BCUT2D eigenvalue weighted by atomic mass is 16.3. The molecule has 0 aliphatic rings. The Kier molecular flexibility index (Phi) is 2.66. The fourth-order valence-electron chi connectivity index (χ4n) is 2.19. The van der Waals surface area contributed by atoms with Gasteiger partial charge in [-0.05, 0) is 25.5 Å². The summed E-state index contributed by atoms with van der Waals surface area (Å²) in [5.74, 6) is 0.281. The van der Waals surface area contributed by atoms with Crippen LogP contribution in [0.15, 0.2) is 12.1 Å². The molecule has 0 atom stereocenters. The minimum absolute atomic E-state index is 0.00845. The third-order valence-electron chi connectivity index (χ3n) is 3.56. The van der Waals surface area contributed by atoms with E-state index in [0.717, 1.165) is 27.7 Å². The van der Waals surface area contributed by atoms with Crippen LogP contribution in [-0.4, -0.2) is 21.8 Å². The van der Waals surface area contributed by atoms with E-state index in [2.05, 4.69) is 4.98 Å². The number of phenolic OH excluding ortho intramolecular Hbond substituents is 1. The number of aliphatic hydroxyl groups is 1. The van der Waals surface area contributed by atoms with Gasteiger partial charge in [0, 0.05) is 27.6 Å². The van der Waals surface area contributed by atoms with Crippen molar-refractivity contribution in [2.45, 2.75) is 33.1 Å². The van der Waals surface area contributed by atoms with Crippen molar-refractivity contribution in [1.29, 1.82) is 0 Å². The van der Waals surface area contributed by atoms with E-state index in [1.807, 2.05) is 39.8 Å². The number of nitrogens with one attached hydrogen (secondary N) is 1. The van der Waals surface area contributed by atoms with Gasteiger partial charge in [-0.25, -0.2) is 0 Å². The lowest BCUT2D eigenvalue weighted by Crippen LogP contribution is -2.22. The highest BCUT2D eigenvalue weighted by Crippen LogP contribution is 2.38. The molecule has 0 saturated carbocycles. The van der Waals surface area contributed by atoms with Gasteiger partial charge in [0.25, 0.3) is 0 Å². The van der Waals surface area contributed by atoms with Crippen molar-refractivity contribution in [3.05, 3.63) is 29.0 Å². The van der Waals surface area contributed by atoms with Crippen molar-refractivity contribution >= 4 is 10.9 Å². The summed E-state index contributed by atoms with van der Waals surface area (Å²) in [6.07, 6.45) is 0. The monoisotopic (exact) mass is 233 g/mol. The molecule has 2 aromatic rings. The summed E-state index contributed by atoms with van der Waals surface area (Å²) >= 11 is 0. The maximum atomic E-state index is 10.4. The number of aryl methyl sites for hydroxylation is 2. The van der Waals surface area contributed by atoms with Crippen LogP contribution in [0.5, 0.6) is 5.75 Å². The molecule has 0 aliphatic carbocycles. The SMILES string of the molecule is Cc1[nH]c2ccc(C(C)(C)CO)c(O)c2c1C. The maximum absolute atomic E-state index is 10.4. The van der Waals surface area contributed by atoms with E-state index in [0.29, 0.717) is 0 Å². The molecule has 1 aromatic heterocycles. The Balaban J connectivity index is 2.77. The highest BCUT2D eigenvalue weighted by molar-refractivity contribution is 5.91. The van der Waals surface area contributed by atoms with Crippen molar-refractivity contribution < 1.29 is 10.2 Å². The lowest BCUT2D eigenvalue weighted by atomic mass is 9.84. The number of phenols is 1. The molecule has 3 N–H and O–H groups in total. The topological polar surface area (TPSA) is 56.2 Å². The Labute approximate surface area is 101 Å². The summed E-state index contributed by atoms with van der Waals surface area (Å²) in [7, 11) is 0. The van der Waals surface area contributed by atoms with E-state index < -0.39 is 5.41 Å². The second kappa shape index (κ2) is 3.77. The van der Waals surface area contributed by atoms with E-state index in [1.54, 1.807) is 0 Å². The lowest BCUT2D eigenvalue weighted by molar-refractivity contribution is 0.215. The Morgan fingerprint density at radius 1 is 1.24 bits per heavy atom. The molecule has 92 valence electrons. The van der Waals surface area contributed by atoms with Gasteiger partial charge in [0.15, 0.2) is 0 Å². The van der Waals surface area contributed by atoms with Gasteiger partial charge >= 0.3 is 0 Å². The Morgan fingerprint density at radius 2 is 1.88 bits per heavy atom. The number of hydrogen-bond acceptors (Lipinski definition) is 2. The number of hydrogen-bond donors (Lipinski definition) is 3. The fraction of sp³-hybridized carbons (Fsp3) is 0.429. The van der Waals surface area contributed by atoms with Crippen LogP contribution in [0.3, 0.4) is 0 Å². The largest absolute Gasteiger partial charge is 0.507 e. The van der Waals surface area contributed by atoms with Crippen molar-refractivity contribution in [2.75, 3.05) is 6.61 Å². The number of aromatic amines is 1. The van der Waals surface area contributed by atoms with Gasteiger partial charge in [-0.2, -0.15) is 0 Å². The number of H-pyrrole nitrogens is 1. The van der Waals surface area contributed by atoms with Crippen molar-refractivity contribution in [1.82, 2.24) is 4.98 Å². The minimum Gasteiger partial charge on any atom is -0.507 e. The van der Waals surface area contributed by atoms with Crippen LogP contribution < -0.4 is 0 Å². The average molecular weight is 233 g/mol. The van der Waals surface area contributed by atoms with Crippen LogP contribution in [0.1, 0.15) is 30.7 Å². The molecular weight excluding hydrogens is 214 g/mol. The average Bonchev–Trinajstić information content (AvgIpc) is 2.56. The molecule has 0 amide bonds. The molecule has 3 nitrogen and oxygen atoms in total. The van der Waals surface area contributed by atoms with Crippen LogP contribution in [-0.2, 0) is 5.41 Å². The van der Waals surface area contributed by atoms with Gasteiger partial charge in [-0.1, -0.05) is 19.9 Å². The minimum atomic E-state index is -0.435. The van der Waals surface area contributed by atoms with Gasteiger partial charge in [0.1, 0.15) is 5.75 Å². The third kappa shape index (κ3) is 1.71. The van der Waals surface area contributed by atoms with Crippen LogP contribution in [0.4, 0.5) is 0 Å². The summed E-state index contributed by atoms with van der Waals surface area (Å²) in [4.78, 5) is 3.24. The fourth-order valence-corrected chi connectivity index (χ4v) is 2.19. The Morgan fingerprint density at radius 3 is 2.47 bits per heavy atom. The molecule has 0 bridgehead atoms. The summed E-state index contributed by atoms with van der Waals surface area (Å²) in [6.45, 7) is 7.83. The van der Waals surface area contributed by atoms with E-state index in [9.17, 15) is 10.2 Å². The van der Waals surface area contributed by atoms with Gasteiger partial charge in [-0.15, -0.1) is 0 Å². The Bertz CT molecular complexity index is 567. The van der Waals surface area contributed by atoms with Crippen LogP contribution in [0.2, 0.25) is 0 Å². The number of aliphatic hydroxyl groups excluding tert-OH is 1. The van der Waals surface area contributed by atoms with Gasteiger partial charge in [0.2, 0.25) is 0 Å². The molecule has 17 heavy (non-hydrogen) atoms. The smallest absolute Gasteiger partial charge is 0.129 e. The Hall–Kier alpha value is -1.48. The zero-order valence-corrected chi connectivity index (χ0v) is 10.8. The van der Waals surface area contributed by atoms with Gasteiger partial charge < -0.3 is 15.2 Å². The van der Waals surface area contributed by atoms with Crippen LogP contribution in [0, 0.1) is 13.8 Å². The molecule has 0 unspecified atom stereocenters. The number of benzene rings is 1. The zero-order chi connectivity index (χ0) is 12.8. The summed E-state index contributed by atoms with van der Waals surface area (Å²) in [5.41, 5.74) is 3.42. The van der Waals surface area contributed by atoms with E-state index in [4.69, 9.17) is 0 Å². The first-order valence-corrected chi connectivity index (χ1v) is 5.80. The third-order valence-corrected chi connectivity index (χ3v) is 3.56. The van der Waals surface area contributed by atoms with Gasteiger partial charge in [-0.3, -0.25) is 0 Å². The number of aromatic hydroxyl groups is 1. The van der Waals surface area contributed by atoms with Crippen LogP contribution >= 0.6 is 0 Å². The number of rotatable bonds is 2. The molecule has 0 radical (unpaired) electrons. The second-order valence-corrected chi connectivity index (χ2v) is 5.30. The molecule has 0 saturated heterocycles. The van der Waals surface area contributed by atoms with Crippen molar-refractivity contribution in [3.8, 4) is 5.75 Å². The van der Waals surface area contributed by atoms with E-state index >= 15 is 0 Å². The first-order chi connectivity index (χ1) is 7.88. The molecule has 3 heteroatoms. The maximum Gasteiger partial charge on any atom is 0.129 e. The molecular formula is C14H19NO2. The summed E-state index contributed by atoms with van der Waals surface area (Å²) in [6, 6.07) is 3.84. The molecule has 0 fully saturated rings. The molecule has 0 aliphatic heterocycles. The highest BCUT2D eigenvalue weighted by Gasteiger charge is 2.25. The molecule has 1 heterocycles. The summed E-state index contributed by atoms with van der Waals surface area (Å²) < 4.78 is 0. The molecule has 0 spiro atoms. The predicted octanol–water partition coefficient (Wildman–Crippen LogP) is 2.76. The van der Waals surface area contributed by atoms with Gasteiger partial charge in [0.05, 0.1) is 6.61 Å². The molecule has 1 aromatic carbocycles. The normalized spacial score (nSPS) is 12.3. The molecule has 2 rings (SSSR count). The quantitative estimate of drug-likeness (QED) is 0.747. The van der Waals surface area contributed by atoms with Crippen LogP contribution in [0.25, 0.3) is 10.9 Å². The van der Waals surface area contributed by atoms with Crippen molar-refractivity contribution in [3.63, 3.8) is 0 Å². The van der Waals surface area contributed by atoms with Crippen molar-refractivity contribution in [2.24, 2.45) is 0 Å². The van der Waals surface area contributed by atoms with E-state index in [1.165, 1.54) is 0 Å². The van der Waals surface area contributed by atoms with E-state index in [-0.39, 0.29) is 12.4 Å². The first-order valence-electron chi connectivity index (χ1n) is 5.80. The second-order valence-electron chi connectivity index (χ2n) is 5.30. The number of aromatic nitrogens is 1. The lowest BCUT2D eigenvalue weighted by Gasteiger charge is -2.23. The summed E-state index contributed by atoms with van der Waals surface area (Å²) in [5, 5.41) is 20.6.